The van der Waals surface area contributed by atoms with Crippen LogP contribution < -0.4 is 14.8 Å². The van der Waals surface area contributed by atoms with E-state index in [9.17, 15) is 9.59 Å². The fraction of sp³-hybridized carbons (Fsp3) is 0.150. The summed E-state index contributed by atoms with van der Waals surface area (Å²) in [5.41, 5.74) is 1.09. The Morgan fingerprint density at radius 2 is 2.03 bits per heavy atom. The second-order valence-corrected chi connectivity index (χ2v) is 8.66. The van der Waals surface area contributed by atoms with E-state index < -0.39 is 12.6 Å². The van der Waals surface area contributed by atoms with Gasteiger partial charge in [-0.1, -0.05) is 45.2 Å². The molecule has 0 atom stereocenters. The molecular formula is C20H15BrCl2N2O5S. The Morgan fingerprint density at radius 1 is 1.29 bits per heavy atom. The van der Waals surface area contributed by atoms with Crippen LogP contribution in [-0.2, 0) is 9.59 Å². The molecule has 0 unspecified atom stereocenters. The lowest BCUT2D eigenvalue weighted by Crippen LogP contribution is -2.19. The minimum atomic E-state index is -1.10. The minimum absolute atomic E-state index is 0.277. The first-order chi connectivity index (χ1) is 14.8. The van der Waals surface area contributed by atoms with Crippen LogP contribution in [0.25, 0.3) is 6.08 Å². The summed E-state index contributed by atoms with van der Waals surface area (Å²) in [6.45, 7) is 1.65. The molecular weight excluding hydrogens is 531 g/mol. The zero-order chi connectivity index (χ0) is 22.5. The van der Waals surface area contributed by atoms with Gasteiger partial charge in [0, 0.05) is 4.47 Å². The average molecular weight is 546 g/mol. The van der Waals surface area contributed by atoms with Crippen molar-refractivity contribution in [3.8, 4) is 11.5 Å². The molecule has 1 aliphatic rings. The lowest BCUT2D eigenvalue weighted by molar-refractivity contribution is -0.139. The summed E-state index contributed by atoms with van der Waals surface area (Å²) in [4.78, 5) is 28.0. The van der Waals surface area contributed by atoms with E-state index >= 15 is 0 Å². The van der Waals surface area contributed by atoms with Gasteiger partial charge in [-0.2, -0.15) is 0 Å². The number of carbonyl (C=O) groups is 2. The second kappa shape index (κ2) is 10.4. The number of hydrogen-bond acceptors (Lipinski definition) is 6. The Kier molecular flexibility index (Phi) is 7.88. The third-order valence-electron chi connectivity index (χ3n) is 3.80. The van der Waals surface area contributed by atoms with Crippen LogP contribution in [0.4, 0.5) is 5.69 Å². The van der Waals surface area contributed by atoms with Crippen LogP contribution in [0.15, 0.2) is 44.7 Å². The Hall–Kier alpha value is -2.20. The van der Waals surface area contributed by atoms with E-state index in [1.807, 2.05) is 0 Å². The van der Waals surface area contributed by atoms with Crippen molar-refractivity contribution in [3.05, 3.63) is 55.3 Å². The zero-order valence-corrected chi connectivity index (χ0v) is 19.9. The molecule has 0 radical (unpaired) electrons. The number of nitrogens with zero attached hydrogens (tertiary/aromatic N) is 1. The van der Waals surface area contributed by atoms with Gasteiger partial charge in [0.1, 0.15) is 0 Å². The van der Waals surface area contributed by atoms with Gasteiger partial charge >= 0.3 is 5.97 Å². The number of benzene rings is 2. The van der Waals surface area contributed by atoms with Crippen LogP contribution >= 0.6 is 50.9 Å². The molecule has 1 heterocycles. The Labute approximate surface area is 200 Å². The summed E-state index contributed by atoms with van der Waals surface area (Å²) in [7, 11) is 0. The molecule has 31 heavy (non-hydrogen) atoms. The molecule has 11 heteroatoms. The highest BCUT2D eigenvalue weighted by Crippen LogP contribution is 2.38. The molecule has 0 spiro atoms. The molecule has 1 fully saturated rings. The molecule has 1 aliphatic heterocycles. The first-order valence-corrected chi connectivity index (χ1v) is 11.2. The van der Waals surface area contributed by atoms with Crippen molar-refractivity contribution in [1.82, 2.24) is 5.32 Å². The number of halogens is 3. The van der Waals surface area contributed by atoms with Crippen molar-refractivity contribution >= 4 is 79.7 Å². The van der Waals surface area contributed by atoms with Gasteiger partial charge in [0.25, 0.3) is 5.91 Å². The van der Waals surface area contributed by atoms with Gasteiger partial charge in [0.05, 0.1) is 27.2 Å². The van der Waals surface area contributed by atoms with E-state index in [0.29, 0.717) is 48.2 Å². The van der Waals surface area contributed by atoms with Crippen LogP contribution in [0.1, 0.15) is 12.5 Å². The number of ether oxygens (including phenoxy) is 2. The van der Waals surface area contributed by atoms with Crippen LogP contribution in [-0.4, -0.2) is 35.4 Å². The van der Waals surface area contributed by atoms with Crippen LogP contribution in [0.5, 0.6) is 11.5 Å². The molecule has 1 saturated heterocycles. The number of rotatable bonds is 7. The number of hydrogen-bond donors (Lipinski definition) is 2. The van der Waals surface area contributed by atoms with Gasteiger partial charge in [0.2, 0.25) is 0 Å². The van der Waals surface area contributed by atoms with Gasteiger partial charge in [-0.3, -0.25) is 4.79 Å². The van der Waals surface area contributed by atoms with E-state index in [1.54, 1.807) is 43.3 Å². The maximum Gasteiger partial charge on any atom is 0.341 e. The number of nitrogens with one attached hydrogen (secondary N) is 1. The maximum atomic E-state index is 12.4. The van der Waals surface area contributed by atoms with E-state index in [0.717, 1.165) is 11.8 Å². The number of carboxylic acids is 1. The largest absolute Gasteiger partial charge is 0.490 e. The lowest BCUT2D eigenvalue weighted by Gasteiger charge is -2.13. The molecule has 0 saturated carbocycles. The van der Waals surface area contributed by atoms with Crippen molar-refractivity contribution in [2.24, 2.45) is 4.99 Å². The zero-order valence-electron chi connectivity index (χ0n) is 15.9. The van der Waals surface area contributed by atoms with Crippen molar-refractivity contribution in [1.29, 1.82) is 0 Å². The van der Waals surface area contributed by atoms with E-state index in [4.69, 9.17) is 37.8 Å². The number of amides is 1. The van der Waals surface area contributed by atoms with Crippen molar-refractivity contribution in [2.45, 2.75) is 6.92 Å². The van der Waals surface area contributed by atoms with Gasteiger partial charge in [-0.05, 0) is 54.6 Å². The third kappa shape index (κ3) is 5.94. The number of aliphatic carboxylic acids is 1. The summed E-state index contributed by atoms with van der Waals surface area (Å²) in [6.07, 6.45) is 1.66. The molecule has 2 N–H and O–H groups in total. The van der Waals surface area contributed by atoms with Crippen LogP contribution in [0.3, 0.4) is 0 Å². The molecule has 7 nitrogen and oxygen atoms in total. The first kappa shape index (κ1) is 23.5. The van der Waals surface area contributed by atoms with Crippen LogP contribution in [0.2, 0.25) is 10.0 Å². The van der Waals surface area contributed by atoms with Gasteiger partial charge < -0.3 is 19.9 Å². The standard InChI is InChI=1S/C20H15BrCl2N2O5S/c1-2-29-14-6-10(11(21)8-15(14)30-9-17(26)27)7-16-19(28)25-20(31-16)24-13-5-3-4-12(22)18(13)23/h3-8H,2,9H2,1H3,(H,26,27)(H,24,25,28)/b16-7+. The van der Waals surface area contributed by atoms with E-state index in [1.165, 1.54) is 0 Å². The maximum absolute atomic E-state index is 12.4. The van der Waals surface area contributed by atoms with Crippen LogP contribution in [0, 0.1) is 0 Å². The van der Waals surface area contributed by atoms with E-state index in [-0.39, 0.29) is 11.7 Å². The number of carbonyl (C=O) groups excluding carboxylic acids is 1. The molecule has 1 amide bonds. The summed E-state index contributed by atoms with van der Waals surface area (Å²) < 4.78 is 11.4. The number of amidine groups is 1. The Bertz CT molecular complexity index is 1110. The lowest BCUT2D eigenvalue weighted by atomic mass is 10.2. The quantitative estimate of drug-likeness (QED) is 0.445. The SMILES string of the molecule is CCOc1cc(/C=C2/SC(=Nc3cccc(Cl)c3Cl)NC2=O)c(Br)cc1OCC(=O)O. The summed E-state index contributed by atoms with van der Waals surface area (Å²) >= 11 is 16.7. The average Bonchev–Trinajstić information content (AvgIpc) is 3.05. The number of aliphatic imine (C=N–C) groups is 1. The normalized spacial score (nSPS) is 15.9. The molecule has 2 aromatic carbocycles. The van der Waals surface area contributed by atoms with Gasteiger partial charge in [0.15, 0.2) is 23.3 Å². The Balaban J connectivity index is 1.89. The smallest absolute Gasteiger partial charge is 0.341 e. The van der Waals surface area contributed by atoms with E-state index in [2.05, 4.69) is 26.2 Å². The molecule has 0 aromatic heterocycles. The molecule has 162 valence electrons. The topological polar surface area (TPSA) is 97.2 Å². The highest BCUT2D eigenvalue weighted by Gasteiger charge is 2.25. The summed E-state index contributed by atoms with van der Waals surface area (Å²) in [6, 6.07) is 8.31. The molecule has 0 bridgehead atoms. The molecule has 0 aliphatic carbocycles. The predicted octanol–water partition coefficient (Wildman–Crippen LogP) is 5.51. The van der Waals surface area contributed by atoms with Gasteiger partial charge in [-0.15, -0.1) is 0 Å². The summed E-state index contributed by atoms with van der Waals surface area (Å²) in [5.74, 6) is -0.783. The number of thioether (sulfide) groups is 1. The minimum Gasteiger partial charge on any atom is -0.490 e. The summed E-state index contributed by atoms with van der Waals surface area (Å²) in [5, 5.41) is 12.6. The fourth-order valence-corrected chi connectivity index (χ4v) is 4.09. The monoisotopic (exact) mass is 544 g/mol. The molecule has 2 aromatic rings. The Morgan fingerprint density at radius 3 is 2.74 bits per heavy atom. The van der Waals surface area contributed by atoms with Crippen molar-refractivity contribution in [3.63, 3.8) is 0 Å². The highest BCUT2D eigenvalue weighted by molar-refractivity contribution is 9.10. The first-order valence-electron chi connectivity index (χ1n) is 8.83. The predicted molar refractivity (Wildman–Crippen MR) is 126 cm³/mol. The third-order valence-corrected chi connectivity index (χ3v) is 6.21. The fourth-order valence-electron chi connectivity index (χ4n) is 2.49. The van der Waals surface area contributed by atoms with Crippen molar-refractivity contribution in [2.75, 3.05) is 13.2 Å². The van der Waals surface area contributed by atoms with Crippen molar-refractivity contribution < 1.29 is 24.2 Å². The highest BCUT2D eigenvalue weighted by atomic mass is 79.9. The molecule has 3 rings (SSSR count). The van der Waals surface area contributed by atoms with Gasteiger partial charge in [-0.25, -0.2) is 9.79 Å². The number of carboxylic acid groups (broad SMARTS) is 1. The second-order valence-electron chi connectivity index (χ2n) is 5.99.